The van der Waals surface area contributed by atoms with E-state index in [1.165, 1.54) is 12.5 Å². The molecular formula is C21H27N3O2. The number of benzene rings is 2. The van der Waals surface area contributed by atoms with Gasteiger partial charge in [0.1, 0.15) is 0 Å². The first-order chi connectivity index (χ1) is 12.4. The van der Waals surface area contributed by atoms with Crippen LogP contribution in [0.1, 0.15) is 36.1 Å². The second-order valence-corrected chi connectivity index (χ2v) is 6.70. The minimum Gasteiger partial charge on any atom is -0.352 e. The van der Waals surface area contributed by atoms with Crippen molar-refractivity contribution in [3.8, 4) is 0 Å². The lowest BCUT2D eigenvalue weighted by atomic mass is 10.0. The lowest BCUT2D eigenvalue weighted by Crippen LogP contribution is -2.32. The van der Waals surface area contributed by atoms with E-state index in [1.54, 1.807) is 0 Å². The Morgan fingerprint density at radius 1 is 0.962 bits per heavy atom. The summed E-state index contributed by atoms with van der Waals surface area (Å²) in [5.74, 6) is -0.242. The first-order valence-electron chi connectivity index (χ1n) is 8.75. The summed E-state index contributed by atoms with van der Waals surface area (Å²) in [5, 5.41) is 5.78. The van der Waals surface area contributed by atoms with E-state index >= 15 is 0 Å². The summed E-state index contributed by atoms with van der Waals surface area (Å²) in [6, 6.07) is 17.4. The van der Waals surface area contributed by atoms with Crippen LogP contribution >= 0.6 is 0 Å². The van der Waals surface area contributed by atoms with Crippen LogP contribution in [0.15, 0.2) is 54.6 Å². The minimum absolute atomic E-state index is 0.0926. The van der Waals surface area contributed by atoms with Crippen LogP contribution in [-0.2, 0) is 22.7 Å². The van der Waals surface area contributed by atoms with Crippen molar-refractivity contribution < 1.29 is 9.59 Å². The third kappa shape index (κ3) is 6.69. The number of rotatable bonds is 8. The molecule has 26 heavy (non-hydrogen) atoms. The highest BCUT2D eigenvalue weighted by atomic mass is 16.2. The van der Waals surface area contributed by atoms with Gasteiger partial charge in [-0.2, -0.15) is 0 Å². The van der Waals surface area contributed by atoms with Crippen LogP contribution in [0, 0.1) is 0 Å². The molecule has 2 aromatic carbocycles. The molecule has 0 aliphatic carbocycles. The van der Waals surface area contributed by atoms with Gasteiger partial charge in [-0.3, -0.25) is 9.59 Å². The summed E-state index contributed by atoms with van der Waals surface area (Å²) in [6.45, 7) is 2.83. The van der Waals surface area contributed by atoms with Gasteiger partial charge in [-0.05, 0) is 30.8 Å². The maximum Gasteiger partial charge on any atom is 0.222 e. The molecule has 2 aromatic rings. The Morgan fingerprint density at radius 3 is 2.15 bits per heavy atom. The Balaban J connectivity index is 1.90. The molecule has 1 atom stereocenters. The topological polar surface area (TPSA) is 61.4 Å². The quantitative estimate of drug-likeness (QED) is 0.767. The van der Waals surface area contributed by atoms with Crippen molar-refractivity contribution in [3.63, 3.8) is 0 Å². The predicted octanol–water partition coefficient (Wildman–Crippen LogP) is 2.63. The van der Waals surface area contributed by atoms with Crippen LogP contribution < -0.4 is 10.6 Å². The Kier molecular flexibility index (Phi) is 7.36. The SMILES string of the molecule is CC(=O)N[C@@H](CC(=O)NCc1ccc(CN(C)C)cc1)c1ccccc1. The second-order valence-electron chi connectivity index (χ2n) is 6.70. The first kappa shape index (κ1) is 19.7. The highest BCUT2D eigenvalue weighted by Crippen LogP contribution is 2.16. The molecule has 0 spiro atoms. The first-order valence-corrected chi connectivity index (χ1v) is 8.75. The summed E-state index contributed by atoms with van der Waals surface area (Å²) < 4.78 is 0. The van der Waals surface area contributed by atoms with Gasteiger partial charge in [0.2, 0.25) is 11.8 Å². The van der Waals surface area contributed by atoms with Crippen LogP contribution in [0.5, 0.6) is 0 Å². The van der Waals surface area contributed by atoms with Gasteiger partial charge in [0.15, 0.2) is 0 Å². The molecule has 0 heterocycles. The highest BCUT2D eigenvalue weighted by molar-refractivity contribution is 5.79. The van der Waals surface area contributed by atoms with Gasteiger partial charge in [-0.1, -0.05) is 54.6 Å². The standard InChI is InChI=1S/C21H27N3O2/c1-16(25)23-20(19-7-5-4-6-8-19)13-21(26)22-14-17-9-11-18(12-10-17)15-24(2)3/h4-12,20H,13-15H2,1-3H3,(H,22,26)(H,23,25)/t20-/m0/s1. The lowest BCUT2D eigenvalue weighted by Gasteiger charge is -2.18. The second kappa shape index (κ2) is 9.73. The Hall–Kier alpha value is -2.66. The van der Waals surface area contributed by atoms with E-state index in [0.717, 1.165) is 17.7 Å². The van der Waals surface area contributed by atoms with Gasteiger partial charge in [0.05, 0.1) is 12.5 Å². The monoisotopic (exact) mass is 353 g/mol. The molecule has 0 aromatic heterocycles. The number of carbonyl (C=O) groups is 2. The number of amides is 2. The minimum atomic E-state index is -0.323. The number of nitrogens with one attached hydrogen (secondary N) is 2. The molecule has 2 amide bonds. The van der Waals surface area contributed by atoms with Gasteiger partial charge in [-0.15, -0.1) is 0 Å². The van der Waals surface area contributed by atoms with E-state index in [1.807, 2.05) is 56.6 Å². The Labute approximate surface area is 155 Å². The summed E-state index contributed by atoms with van der Waals surface area (Å²) >= 11 is 0. The van der Waals surface area contributed by atoms with Crippen molar-refractivity contribution in [2.75, 3.05) is 14.1 Å². The zero-order valence-corrected chi connectivity index (χ0v) is 15.7. The summed E-state index contributed by atoms with van der Waals surface area (Å²) in [6.07, 6.45) is 0.211. The fourth-order valence-corrected chi connectivity index (χ4v) is 2.77. The molecule has 0 aliphatic rings. The van der Waals surface area contributed by atoms with Crippen LogP contribution in [0.4, 0.5) is 0 Å². The molecule has 0 unspecified atom stereocenters. The van der Waals surface area contributed by atoms with Crippen LogP contribution in [-0.4, -0.2) is 30.8 Å². The normalized spacial score (nSPS) is 11.8. The molecule has 5 nitrogen and oxygen atoms in total. The van der Waals surface area contributed by atoms with E-state index in [-0.39, 0.29) is 24.3 Å². The number of carbonyl (C=O) groups excluding carboxylic acids is 2. The van der Waals surface area contributed by atoms with Gasteiger partial charge < -0.3 is 15.5 Å². The zero-order valence-electron chi connectivity index (χ0n) is 15.7. The van der Waals surface area contributed by atoms with E-state index in [2.05, 4.69) is 27.7 Å². The van der Waals surface area contributed by atoms with Crippen molar-refractivity contribution in [1.82, 2.24) is 15.5 Å². The summed E-state index contributed by atoms with van der Waals surface area (Å²) in [5.41, 5.74) is 3.21. The average Bonchev–Trinajstić information content (AvgIpc) is 2.60. The lowest BCUT2D eigenvalue weighted by molar-refractivity contribution is -0.122. The van der Waals surface area contributed by atoms with Crippen molar-refractivity contribution in [1.29, 1.82) is 0 Å². The van der Waals surface area contributed by atoms with Crippen LogP contribution in [0.2, 0.25) is 0 Å². The van der Waals surface area contributed by atoms with Crippen LogP contribution in [0.25, 0.3) is 0 Å². The van der Waals surface area contributed by atoms with Crippen molar-refractivity contribution >= 4 is 11.8 Å². The predicted molar refractivity (Wildman–Crippen MR) is 103 cm³/mol. The van der Waals surface area contributed by atoms with Crippen molar-refractivity contribution in [2.45, 2.75) is 32.5 Å². The molecule has 0 bridgehead atoms. The maximum absolute atomic E-state index is 12.3. The molecule has 0 aliphatic heterocycles. The summed E-state index contributed by atoms with van der Waals surface area (Å²) in [7, 11) is 4.07. The molecule has 0 saturated heterocycles. The largest absolute Gasteiger partial charge is 0.352 e. The van der Waals surface area contributed by atoms with E-state index in [4.69, 9.17) is 0 Å². The fourth-order valence-electron chi connectivity index (χ4n) is 2.77. The van der Waals surface area contributed by atoms with Gasteiger partial charge in [0, 0.05) is 20.0 Å². The Morgan fingerprint density at radius 2 is 1.58 bits per heavy atom. The molecule has 2 rings (SSSR count). The van der Waals surface area contributed by atoms with Gasteiger partial charge in [0.25, 0.3) is 0 Å². The summed E-state index contributed by atoms with van der Waals surface area (Å²) in [4.78, 5) is 25.9. The average molecular weight is 353 g/mol. The van der Waals surface area contributed by atoms with E-state index in [0.29, 0.717) is 6.54 Å². The number of nitrogens with zero attached hydrogens (tertiary/aromatic N) is 1. The molecule has 0 radical (unpaired) electrons. The third-order valence-electron chi connectivity index (χ3n) is 3.98. The van der Waals surface area contributed by atoms with E-state index < -0.39 is 0 Å². The molecule has 0 fully saturated rings. The smallest absolute Gasteiger partial charge is 0.222 e. The molecule has 138 valence electrons. The van der Waals surface area contributed by atoms with Gasteiger partial charge in [-0.25, -0.2) is 0 Å². The molecule has 0 saturated carbocycles. The molecule has 5 heteroatoms. The zero-order chi connectivity index (χ0) is 18.9. The van der Waals surface area contributed by atoms with Crippen LogP contribution in [0.3, 0.4) is 0 Å². The third-order valence-corrected chi connectivity index (χ3v) is 3.98. The van der Waals surface area contributed by atoms with Crippen molar-refractivity contribution in [2.24, 2.45) is 0 Å². The molecular weight excluding hydrogens is 326 g/mol. The fraction of sp³-hybridized carbons (Fsp3) is 0.333. The van der Waals surface area contributed by atoms with E-state index in [9.17, 15) is 9.59 Å². The maximum atomic E-state index is 12.3. The number of hydrogen-bond donors (Lipinski definition) is 2. The van der Waals surface area contributed by atoms with Crippen molar-refractivity contribution in [3.05, 3.63) is 71.3 Å². The number of hydrogen-bond acceptors (Lipinski definition) is 3. The Bertz CT molecular complexity index is 712. The van der Waals surface area contributed by atoms with Gasteiger partial charge >= 0.3 is 0 Å². The highest BCUT2D eigenvalue weighted by Gasteiger charge is 2.16. The molecule has 2 N–H and O–H groups in total.